The van der Waals surface area contributed by atoms with E-state index >= 15 is 0 Å². The second-order valence-electron chi connectivity index (χ2n) is 9.17. The first-order chi connectivity index (χ1) is 19.9. The van der Waals surface area contributed by atoms with Crippen LogP contribution in [0.2, 0.25) is 0 Å². The molecule has 0 aliphatic heterocycles. The Kier molecular flexibility index (Phi) is 9.56. The molecule has 4 rings (SSSR count). The normalized spacial score (nSPS) is 11.4. The van der Waals surface area contributed by atoms with Gasteiger partial charge in [0.2, 0.25) is 0 Å². The number of nitrogens with zero attached hydrogens (tertiary/aromatic N) is 3. The third-order valence-corrected chi connectivity index (χ3v) is 6.87. The zero-order valence-corrected chi connectivity index (χ0v) is 23.1. The van der Waals surface area contributed by atoms with Gasteiger partial charge in [-0.3, -0.25) is 0 Å². The Morgan fingerprint density at radius 2 is 1.10 bits per heavy atom. The van der Waals surface area contributed by atoms with E-state index in [9.17, 15) is 19.5 Å². The lowest BCUT2D eigenvalue weighted by Crippen LogP contribution is -2.55. The van der Waals surface area contributed by atoms with Crippen LogP contribution in [0.1, 0.15) is 16.7 Å². The van der Waals surface area contributed by atoms with Crippen LogP contribution >= 0.6 is 0 Å². The van der Waals surface area contributed by atoms with Crippen LogP contribution < -0.4 is 32.3 Å². The third kappa shape index (κ3) is 5.87. The van der Waals surface area contributed by atoms with E-state index in [0.29, 0.717) is 11.5 Å². The predicted octanol–water partition coefficient (Wildman–Crippen LogP) is 1.15. The van der Waals surface area contributed by atoms with Crippen molar-refractivity contribution in [2.45, 2.75) is 25.2 Å². The lowest BCUT2D eigenvalue weighted by molar-refractivity contribution is 0.00695. The Morgan fingerprint density at radius 1 is 0.659 bits per heavy atom. The molecule has 11 heteroatoms. The Hall–Kier alpha value is -4.45. The van der Waals surface area contributed by atoms with Gasteiger partial charge in [-0.1, -0.05) is 54.6 Å². The molecular formula is C30H34N4O7. The minimum atomic E-state index is -1.15. The molecule has 0 saturated heterocycles. The summed E-state index contributed by atoms with van der Waals surface area (Å²) in [6, 6.07) is 24.5. The number of nitrogens with two attached hydrogens (primary N) is 1. The van der Waals surface area contributed by atoms with Gasteiger partial charge >= 0.3 is 17.1 Å². The van der Waals surface area contributed by atoms with Crippen LogP contribution in [-0.4, -0.2) is 52.8 Å². The van der Waals surface area contributed by atoms with Crippen LogP contribution in [0, 0.1) is 0 Å². The van der Waals surface area contributed by atoms with Gasteiger partial charge in [-0.25, -0.2) is 28.1 Å². The molecule has 11 nitrogen and oxygen atoms in total. The summed E-state index contributed by atoms with van der Waals surface area (Å²) in [5.74, 6) is 1.34. The first kappa shape index (κ1) is 29.5. The van der Waals surface area contributed by atoms with E-state index in [4.69, 9.17) is 19.9 Å². The fourth-order valence-corrected chi connectivity index (χ4v) is 4.85. The average molecular weight is 563 g/mol. The molecule has 4 aromatic rings. The van der Waals surface area contributed by atoms with Crippen molar-refractivity contribution in [3.05, 3.63) is 127 Å². The number of aliphatic hydroxyl groups is 1. The number of aromatic nitrogens is 3. The fraction of sp³-hybridized carbons (Fsp3) is 0.300. The van der Waals surface area contributed by atoms with E-state index in [-0.39, 0.29) is 32.8 Å². The molecule has 0 bridgehead atoms. The number of aliphatic hydroxyl groups excluding tert-OH is 1. The maximum Gasteiger partial charge on any atom is 0.336 e. The summed E-state index contributed by atoms with van der Waals surface area (Å²) in [5, 5.41) is 9.42. The fourth-order valence-electron chi connectivity index (χ4n) is 4.85. The maximum absolute atomic E-state index is 13.2. The SMILES string of the molecule is COc1ccc(C(OCCn2c(=O)n(CCN)c(=O)n(CCO)c2=O)(c2ccccc2)c2ccc(OC)cc2)cc1. The molecule has 0 aliphatic rings. The average Bonchev–Trinajstić information content (AvgIpc) is 3.02. The summed E-state index contributed by atoms with van der Waals surface area (Å²) in [6.45, 7) is -0.991. The van der Waals surface area contributed by atoms with E-state index in [1.54, 1.807) is 14.2 Å². The molecule has 0 atom stereocenters. The van der Waals surface area contributed by atoms with E-state index in [0.717, 1.165) is 30.4 Å². The number of hydrogen-bond donors (Lipinski definition) is 2. The molecule has 216 valence electrons. The van der Waals surface area contributed by atoms with E-state index < -0.39 is 29.3 Å². The van der Waals surface area contributed by atoms with Gasteiger partial charge in [-0.2, -0.15) is 0 Å². The highest BCUT2D eigenvalue weighted by Crippen LogP contribution is 2.41. The summed E-state index contributed by atoms with van der Waals surface area (Å²) in [7, 11) is 3.18. The highest BCUT2D eigenvalue weighted by atomic mass is 16.5. The van der Waals surface area contributed by atoms with Crippen molar-refractivity contribution in [2.75, 3.05) is 34.0 Å². The van der Waals surface area contributed by atoms with Gasteiger partial charge in [-0.15, -0.1) is 0 Å². The van der Waals surface area contributed by atoms with Gasteiger partial charge in [0, 0.05) is 13.1 Å². The van der Waals surface area contributed by atoms with Crippen LogP contribution in [-0.2, 0) is 30.0 Å². The highest BCUT2D eigenvalue weighted by molar-refractivity contribution is 5.49. The molecule has 0 fully saturated rings. The lowest BCUT2D eigenvalue weighted by Gasteiger charge is -2.36. The van der Waals surface area contributed by atoms with Crippen molar-refractivity contribution in [3.63, 3.8) is 0 Å². The molecule has 3 aromatic carbocycles. The second-order valence-corrected chi connectivity index (χ2v) is 9.17. The van der Waals surface area contributed by atoms with Crippen molar-refractivity contribution in [1.82, 2.24) is 13.7 Å². The van der Waals surface area contributed by atoms with Crippen molar-refractivity contribution in [1.29, 1.82) is 0 Å². The zero-order valence-electron chi connectivity index (χ0n) is 23.1. The molecule has 0 unspecified atom stereocenters. The second kappa shape index (κ2) is 13.3. The molecule has 0 aliphatic carbocycles. The Labute approximate surface area is 236 Å². The molecule has 0 radical (unpaired) electrons. The van der Waals surface area contributed by atoms with Crippen molar-refractivity contribution < 1.29 is 19.3 Å². The first-order valence-electron chi connectivity index (χ1n) is 13.1. The third-order valence-electron chi connectivity index (χ3n) is 6.87. The lowest BCUT2D eigenvalue weighted by atomic mass is 9.80. The van der Waals surface area contributed by atoms with Gasteiger partial charge in [-0.05, 0) is 41.0 Å². The topological polar surface area (TPSA) is 140 Å². The number of methoxy groups -OCH3 is 2. The summed E-state index contributed by atoms with van der Waals surface area (Å²) in [4.78, 5) is 39.1. The van der Waals surface area contributed by atoms with Crippen molar-refractivity contribution in [2.24, 2.45) is 5.73 Å². The van der Waals surface area contributed by atoms with Gasteiger partial charge in [0.15, 0.2) is 0 Å². The Bertz CT molecular complexity index is 1520. The molecule has 1 heterocycles. The summed E-state index contributed by atoms with van der Waals surface area (Å²) >= 11 is 0. The highest BCUT2D eigenvalue weighted by Gasteiger charge is 2.38. The van der Waals surface area contributed by atoms with Crippen LogP contribution in [0.4, 0.5) is 0 Å². The molecule has 3 N–H and O–H groups in total. The Morgan fingerprint density at radius 3 is 1.54 bits per heavy atom. The number of hydrogen-bond acceptors (Lipinski definition) is 8. The maximum atomic E-state index is 13.2. The molecule has 0 saturated carbocycles. The largest absolute Gasteiger partial charge is 0.497 e. The van der Waals surface area contributed by atoms with Gasteiger partial charge in [0.05, 0.1) is 40.5 Å². The minimum Gasteiger partial charge on any atom is -0.497 e. The minimum absolute atomic E-state index is 0.0229. The quantitative estimate of drug-likeness (QED) is 0.231. The molecular weight excluding hydrogens is 528 g/mol. The Balaban J connectivity index is 1.85. The summed E-state index contributed by atoms with van der Waals surface area (Å²) in [5.41, 5.74) is 4.41. The summed E-state index contributed by atoms with van der Waals surface area (Å²) < 4.78 is 20.1. The smallest absolute Gasteiger partial charge is 0.336 e. The first-order valence-corrected chi connectivity index (χ1v) is 13.1. The van der Waals surface area contributed by atoms with Crippen LogP contribution in [0.15, 0.2) is 93.2 Å². The number of ether oxygens (including phenoxy) is 3. The zero-order chi connectivity index (χ0) is 29.4. The van der Waals surface area contributed by atoms with Gasteiger partial charge < -0.3 is 25.1 Å². The molecule has 0 spiro atoms. The standard InChI is InChI=1S/C30H34N4O7/c1-39-25-12-8-23(9-13-25)30(22-6-4-3-5-7-22,24-10-14-26(40-2)15-11-24)41-21-19-34-28(37)32(17-16-31)27(36)33(18-20-35)29(34)38/h3-15,35H,16-21,31H2,1-2H3. The molecule has 41 heavy (non-hydrogen) atoms. The summed E-state index contributed by atoms with van der Waals surface area (Å²) in [6.07, 6.45) is 0. The monoisotopic (exact) mass is 562 g/mol. The van der Waals surface area contributed by atoms with E-state index in [1.165, 1.54) is 0 Å². The van der Waals surface area contributed by atoms with E-state index in [2.05, 4.69) is 0 Å². The van der Waals surface area contributed by atoms with E-state index in [1.807, 2.05) is 78.9 Å². The van der Waals surface area contributed by atoms with Crippen molar-refractivity contribution in [3.8, 4) is 11.5 Å². The number of benzene rings is 3. The molecule has 0 amide bonds. The molecule has 1 aromatic heterocycles. The van der Waals surface area contributed by atoms with Crippen LogP contribution in [0.3, 0.4) is 0 Å². The van der Waals surface area contributed by atoms with Gasteiger partial charge in [0.1, 0.15) is 17.1 Å². The van der Waals surface area contributed by atoms with Crippen LogP contribution in [0.5, 0.6) is 11.5 Å². The number of rotatable bonds is 13. The predicted molar refractivity (Wildman–Crippen MR) is 154 cm³/mol. The van der Waals surface area contributed by atoms with Crippen LogP contribution in [0.25, 0.3) is 0 Å². The van der Waals surface area contributed by atoms with Crippen molar-refractivity contribution >= 4 is 0 Å². The van der Waals surface area contributed by atoms with Gasteiger partial charge in [0.25, 0.3) is 0 Å².